The first kappa shape index (κ1) is 21.8. The minimum Gasteiger partial charge on any atom is -0.373 e. The normalized spacial score (nSPS) is 18.2. The van der Waals surface area contributed by atoms with Crippen LogP contribution in [0.5, 0.6) is 0 Å². The number of imidazole rings is 1. The van der Waals surface area contributed by atoms with Crippen LogP contribution < -0.4 is 0 Å². The summed E-state index contributed by atoms with van der Waals surface area (Å²) in [5, 5.41) is 21.5. The Morgan fingerprint density at radius 2 is 1.89 bits per heavy atom. The van der Waals surface area contributed by atoms with E-state index in [0.29, 0.717) is 52.1 Å². The fourth-order valence-corrected chi connectivity index (χ4v) is 5.50. The summed E-state index contributed by atoms with van der Waals surface area (Å²) < 4.78 is 25.4. The van der Waals surface area contributed by atoms with Crippen molar-refractivity contribution < 1.29 is 18.7 Å². The Kier molecular flexibility index (Phi) is 6.58. The van der Waals surface area contributed by atoms with Crippen LogP contribution >= 0.6 is 23.2 Å². The van der Waals surface area contributed by atoms with Gasteiger partial charge in [-0.1, -0.05) is 40.5 Å². The number of aromatic nitrogens is 2. The van der Waals surface area contributed by atoms with Crippen LogP contribution in [0.3, 0.4) is 0 Å². The second-order valence-corrected chi connectivity index (χ2v) is 10.5. The second-order valence-electron chi connectivity index (χ2n) is 7.51. The number of rotatable bonds is 8. The molecule has 0 bridgehead atoms. The Balaban J connectivity index is 1.54. The molecule has 1 aromatic carbocycles. The van der Waals surface area contributed by atoms with Crippen molar-refractivity contribution in [3.8, 4) is 0 Å². The van der Waals surface area contributed by atoms with Crippen LogP contribution in [0.1, 0.15) is 51.3 Å². The first-order chi connectivity index (χ1) is 13.1. The third kappa shape index (κ3) is 4.32. The molecule has 3 N–H and O–H groups in total. The minimum absolute atomic E-state index is 0.0803. The molecule has 0 aliphatic heterocycles. The molecule has 1 aromatic heterocycles. The first-order valence-electron chi connectivity index (χ1n) is 9.40. The third-order valence-corrected chi connectivity index (χ3v) is 8.34. The maximum Gasteiger partial charge on any atom is 0.265 e. The number of hydroxylamine groups is 1. The molecule has 7 nitrogen and oxygen atoms in total. The molecular weight excluding hydrogens is 425 g/mol. The lowest BCUT2D eigenvalue weighted by Crippen LogP contribution is -2.49. The van der Waals surface area contributed by atoms with E-state index in [1.807, 2.05) is 0 Å². The average Bonchev–Trinajstić information content (AvgIpc) is 3.28. The number of halogens is 2. The van der Waals surface area contributed by atoms with Gasteiger partial charge in [0.1, 0.15) is 5.82 Å². The number of H-pyrrole nitrogens is 1. The van der Waals surface area contributed by atoms with Crippen LogP contribution in [0.25, 0.3) is 11.0 Å². The zero-order valence-corrected chi connectivity index (χ0v) is 18.0. The van der Waals surface area contributed by atoms with E-state index in [2.05, 4.69) is 9.97 Å². The molecule has 1 aliphatic rings. The summed E-state index contributed by atoms with van der Waals surface area (Å²) >= 11 is 12.0. The highest BCUT2D eigenvalue weighted by atomic mass is 35.5. The van der Waals surface area contributed by atoms with Gasteiger partial charge in [0.05, 0.1) is 21.1 Å². The molecule has 0 spiro atoms. The van der Waals surface area contributed by atoms with E-state index in [9.17, 15) is 18.7 Å². The molecular formula is C18H25Cl2N3O4S. The van der Waals surface area contributed by atoms with Crippen molar-refractivity contribution in [3.63, 3.8) is 0 Å². The fraction of sp³-hybridized carbons (Fsp3) is 0.611. The third-order valence-electron chi connectivity index (χ3n) is 5.50. The Bertz CT molecular complexity index is 901. The van der Waals surface area contributed by atoms with Gasteiger partial charge in [-0.25, -0.2) is 13.4 Å². The zero-order chi connectivity index (χ0) is 20.5. The molecule has 0 amide bonds. The van der Waals surface area contributed by atoms with Gasteiger partial charge in [0.15, 0.2) is 4.93 Å². The molecule has 0 radical (unpaired) electrons. The highest BCUT2D eigenvalue weighted by Gasteiger charge is 2.48. The molecule has 1 atom stereocenters. The number of hydrogen-bond acceptors (Lipinski definition) is 5. The lowest BCUT2D eigenvalue weighted by Gasteiger charge is -2.32. The summed E-state index contributed by atoms with van der Waals surface area (Å²) in [4.78, 5) is 5.64. The number of hydrogen-bond donors (Lipinski definition) is 3. The van der Waals surface area contributed by atoms with Gasteiger partial charge in [-0.15, -0.1) is 0 Å². The Hall–Kier alpha value is -0.900. The monoisotopic (exact) mass is 449 g/mol. The van der Waals surface area contributed by atoms with Crippen molar-refractivity contribution in [2.45, 2.75) is 56.8 Å². The van der Waals surface area contributed by atoms with Crippen LogP contribution in [-0.4, -0.2) is 44.6 Å². The average molecular weight is 450 g/mol. The van der Waals surface area contributed by atoms with Crippen molar-refractivity contribution in [1.82, 2.24) is 14.4 Å². The maximum absolute atomic E-state index is 12.6. The van der Waals surface area contributed by atoms with E-state index in [1.165, 1.54) is 6.92 Å². The van der Waals surface area contributed by atoms with Gasteiger partial charge in [-0.3, -0.25) is 5.21 Å². The lowest BCUT2D eigenvalue weighted by molar-refractivity contribution is -0.0194. The highest BCUT2D eigenvalue weighted by Crippen LogP contribution is 2.38. The number of aliphatic hydroxyl groups is 1. The molecule has 1 aliphatic carbocycles. The summed E-state index contributed by atoms with van der Waals surface area (Å²) in [6.45, 7) is 1.20. The second kappa shape index (κ2) is 8.45. The van der Waals surface area contributed by atoms with E-state index >= 15 is 0 Å². The van der Waals surface area contributed by atoms with E-state index in [4.69, 9.17) is 23.2 Å². The predicted molar refractivity (Wildman–Crippen MR) is 109 cm³/mol. The molecule has 1 saturated carbocycles. The molecule has 2 aromatic rings. The standard InChI is InChI=1S/C18H25Cl2N3O4S/c1-18(24,12-6-2-3-7-12)28(26,27)23(25)9-5-4-8-17-21-15-10-13(19)14(20)11-16(15)22-17/h10-12,24-25H,2-9H2,1H3,(H,21,22). The maximum atomic E-state index is 12.6. The molecule has 0 saturated heterocycles. The summed E-state index contributed by atoms with van der Waals surface area (Å²) in [6.07, 6.45) is 4.72. The van der Waals surface area contributed by atoms with E-state index in [-0.39, 0.29) is 12.5 Å². The van der Waals surface area contributed by atoms with Crippen LogP contribution in [-0.2, 0) is 16.4 Å². The Morgan fingerprint density at radius 1 is 1.25 bits per heavy atom. The van der Waals surface area contributed by atoms with Gasteiger partial charge in [0, 0.05) is 18.9 Å². The lowest BCUT2D eigenvalue weighted by atomic mass is 10.0. The van der Waals surface area contributed by atoms with Gasteiger partial charge in [-0.05, 0) is 44.7 Å². The van der Waals surface area contributed by atoms with Gasteiger partial charge >= 0.3 is 0 Å². The minimum atomic E-state index is -4.21. The largest absolute Gasteiger partial charge is 0.373 e. The van der Waals surface area contributed by atoms with Crippen LogP contribution in [0.2, 0.25) is 10.0 Å². The van der Waals surface area contributed by atoms with Crippen molar-refractivity contribution >= 4 is 44.3 Å². The van der Waals surface area contributed by atoms with E-state index in [1.54, 1.807) is 12.1 Å². The zero-order valence-electron chi connectivity index (χ0n) is 15.7. The number of benzene rings is 1. The number of nitrogens with one attached hydrogen (secondary N) is 1. The summed E-state index contributed by atoms with van der Waals surface area (Å²) in [5.74, 6) is 0.389. The van der Waals surface area contributed by atoms with Crippen molar-refractivity contribution in [2.24, 2.45) is 5.92 Å². The number of nitrogens with zero attached hydrogens (tertiary/aromatic N) is 2. The molecule has 3 rings (SSSR count). The molecule has 1 fully saturated rings. The van der Waals surface area contributed by atoms with Crippen LogP contribution in [0, 0.1) is 5.92 Å². The highest BCUT2D eigenvalue weighted by molar-refractivity contribution is 7.90. The van der Waals surface area contributed by atoms with E-state index in [0.717, 1.165) is 24.2 Å². The predicted octanol–water partition coefficient (Wildman–Crippen LogP) is 4.11. The first-order valence-corrected chi connectivity index (χ1v) is 11.6. The SMILES string of the molecule is CC(O)(C1CCCC1)S(=O)(=O)N(O)CCCCc1nc2cc(Cl)c(Cl)cc2[nH]1. The molecule has 10 heteroatoms. The summed E-state index contributed by atoms with van der Waals surface area (Å²) in [6, 6.07) is 3.40. The smallest absolute Gasteiger partial charge is 0.265 e. The summed E-state index contributed by atoms with van der Waals surface area (Å²) in [7, 11) is -4.21. The molecule has 28 heavy (non-hydrogen) atoms. The van der Waals surface area contributed by atoms with Crippen molar-refractivity contribution in [3.05, 3.63) is 28.0 Å². The number of aryl methyl sites for hydroxylation is 1. The number of fused-ring (bicyclic) bond motifs is 1. The number of aromatic amines is 1. The Labute approximate surface area is 174 Å². The summed E-state index contributed by atoms with van der Waals surface area (Å²) in [5.41, 5.74) is 1.49. The van der Waals surface area contributed by atoms with Gasteiger partial charge in [0.2, 0.25) is 0 Å². The van der Waals surface area contributed by atoms with Crippen LogP contribution in [0.15, 0.2) is 12.1 Å². The number of unbranched alkanes of at least 4 members (excludes halogenated alkanes) is 1. The molecule has 1 unspecified atom stereocenters. The van der Waals surface area contributed by atoms with E-state index < -0.39 is 15.0 Å². The van der Waals surface area contributed by atoms with Gasteiger partial charge in [-0.2, -0.15) is 0 Å². The number of sulfonamides is 1. The molecule has 1 heterocycles. The van der Waals surface area contributed by atoms with Crippen molar-refractivity contribution in [1.29, 1.82) is 0 Å². The van der Waals surface area contributed by atoms with Gasteiger partial charge in [0.25, 0.3) is 10.0 Å². The topological polar surface area (TPSA) is 107 Å². The Morgan fingerprint density at radius 3 is 2.57 bits per heavy atom. The van der Waals surface area contributed by atoms with Gasteiger partial charge < -0.3 is 10.1 Å². The fourth-order valence-electron chi connectivity index (χ4n) is 3.72. The van der Waals surface area contributed by atoms with Crippen LogP contribution in [0.4, 0.5) is 0 Å². The van der Waals surface area contributed by atoms with Crippen molar-refractivity contribution in [2.75, 3.05) is 6.54 Å². The quantitative estimate of drug-likeness (QED) is 0.415. The molecule has 156 valence electrons.